The van der Waals surface area contributed by atoms with Crippen LogP contribution in [0.4, 0.5) is 0 Å². The van der Waals surface area contributed by atoms with Crippen molar-refractivity contribution in [2.24, 2.45) is 21.2 Å². The maximum atomic E-state index is 9.19. The number of nitrogens with zero attached hydrogens (tertiary/aromatic N) is 2. The lowest BCUT2D eigenvalue weighted by atomic mass is 10.4. The molecule has 0 bridgehead atoms. The average molecular weight is 233 g/mol. The van der Waals surface area contributed by atoms with Crippen LogP contribution in [0.5, 0.6) is 0 Å². The summed E-state index contributed by atoms with van der Waals surface area (Å²) in [6, 6.07) is 5.55. The molecule has 0 fully saturated rings. The second-order valence-electron chi connectivity index (χ2n) is 2.12. The largest absolute Gasteiger partial charge is 0.323 e. The predicted molar refractivity (Wildman–Crippen MR) is 60.0 cm³/mol. The molecule has 15 heavy (non-hydrogen) atoms. The van der Waals surface area contributed by atoms with E-state index in [1.807, 2.05) is 18.2 Å². The minimum absolute atomic E-state index is 0. The van der Waals surface area contributed by atoms with Crippen LogP contribution in [0.25, 0.3) is 0 Å². The van der Waals surface area contributed by atoms with E-state index in [1.54, 1.807) is 6.20 Å². The second kappa shape index (κ2) is 7.85. The number of hydrazone groups is 1. The number of pyridine rings is 1. The highest BCUT2D eigenvalue weighted by molar-refractivity contribution is 7.86. The Morgan fingerprint density at radius 1 is 1.33 bits per heavy atom. The van der Waals surface area contributed by atoms with Gasteiger partial charge in [-0.15, -0.1) is 0 Å². The van der Waals surface area contributed by atoms with Gasteiger partial charge < -0.3 is 5.84 Å². The van der Waals surface area contributed by atoms with Gasteiger partial charge in [-0.25, -0.2) is 10.3 Å². The van der Waals surface area contributed by atoms with E-state index in [9.17, 15) is 8.42 Å². The average Bonchev–Trinajstić information content (AvgIpc) is 2.03. The molecule has 8 heteroatoms. The summed E-state index contributed by atoms with van der Waals surface area (Å²) in [4.78, 5) is 3.94. The standard InChI is InChI=1S/C6H7N3.CH4.H4N2O2S/c7-9-5-6-3-1-2-4-8-6;;1-5(2,3)4/h1-5H,7H2;1H4;(H4,1,2,3,4). The van der Waals surface area contributed by atoms with Crippen molar-refractivity contribution in [2.45, 2.75) is 7.43 Å². The molecule has 0 saturated heterocycles. The summed E-state index contributed by atoms with van der Waals surface area (Å²) < 4.78 is 18.4. The molecule has 0 saturated carbocycles. The molecule has 1 heterocycles. The Balaban J connectivity index is 0. The van der Waals surface area contributed by atoms with E-state index in [4.69, 9.17) is 5.84 Å². The Bertz CT molecular complexity index is 368. The number of hydrogen-bond donors (Lipinski definition) is 3. The highest BCUT2D eigenvalue weighted by Crippen LogP contribution is 1.86. The summed E-state index contributed by atoms with van der Waals surface area (Å²) in [6.07, 6.45) is 3.19. The van der Waals surface area contributed by atoms with Crippen molar-refractivity contribution in [1.29, 1.82) is 0 Å². The summed E-state index contributed by atoms with van der Waals surface area (Å²) in [5.41, 5.74) is 0.778. The molecule has 0 amide bonds. The van der Waals surface area contributed by atoms with Crippen LogP contribution >= 0.6 is 0 Å². The molecule has 6 N–H and O–H groups in total. The molecule has 7 nitrogen and oxygen atoms in total. The minimum Gasteiger partial charge on any atom is -0.323 e. The van der Waals surface area contributed by atoms with Crippen molar-refractivity contribution < 1.29 is 8.42 Å². The Morgan fingerprint density at radius 3 is 2.20 bits per heavy atom. The molecule has 86 valence electrons. The van der Waals surface area contributed by atoms with E-state index in [1.165, 1.54) is 6.21 Å². The van der Waals surface area contributed by atoms with E-state index >= 15 is 0 Å². The number of nitrogens with two attached hydrogens (primary N) is 3. The van der Waals surface area contributed by atoms with E-state index in [-0.39, 0.29) is 7.43 Å². The minimum atomic E-state index is -3.67. The fourth-order valence-corrected chi connectivity index (χ4v) is 0.529. The first-order valence-electron chi connectivity index (χ1n) is 3.38. The van der Waals surface area contributed by atoms with Gasteiger partial charge in [0.05, 0.1) is 11.9 Å². The normalized spacial score (nSPS) is 10.0. The topological polar surface area (TPSA) is 137 Å². The summed E-state index contributed by atoms with van der Waals surface area (Å²) >= 11 is 0. The van der Waals surface area contributed by atoms with Crippen molar-refractivity contribution in [3.63, 3.8) is 0 Å². The zero-order valence-corrected chi connectivity index (χ0v) is 8.05. The molecule has 0 unspecified atom stereocenters. The van der Waals surface area contributed by atoms with Gasteiger partial charge >= 0.3 is 0 Å². The van der Waals surface area contributed by atoms with E-state index < -0.39 is 10.2 Å². The first-order chi connectivity index (χ1) is 6.43. The van der Waals surface area contributed by atoms with Crippen LogP contribution in [0.15, 0.2) is 29.5 Å². The zero-order valence-electron chi connectivity index (χ0n) is 7.24. The summed E-state index contributed by atoms with van der Waals surface area (Å²) in [5, 5.41) is 11.5. The molecule has 0 aliphatic carbocycles. The lowest BCUT2D eigenvalue weighted by Crippen LogP contribution is -2.21. The molecule has 0 aromatic carbocycles. The van der Waals surface area contributed by atoms with Gasteiger partial charge in [-0.1, -0.05) is 13.5 Å². The van der Waals surface area contributed by atoms with Crippen LogP contribution in [0, 0.1) is 0 Å². The van der Waals surface area contributed by atoms with Crippen LogP contribution in [0.2, 0.25) is 0 Å². The highest BCUT2D eigenvalue weighted by Gasteiger charge is 1.81. The van der Waals surface area contributed by atoms with Crippen LogP contribution < -0.4 is 16.1 Å². The van der Waals surface area contributed by atoms with Gasteiger partial charge in [-0.2, -0.15) is 13.5 Å². The van der Waals surface area contributed by atoms with Gasteiger partial charge in [0.2, 0.25) is 0 Å². The molecule has 1 rings (SSSR count). The van der Waals surface area contributed by atoms with Crippen molar-refractivity contribution in [1.82, 2.24) is 4.98 Å². The van der Waals surface area contributed by atoms with Crippen LogP contribution in [-0.2, 0) is 10.2 Å². The monoisotopic (exact) mass is 233 g/mol. The molecular formula is C7H15N5O2S. The van der Waals surface area contributed by atoms with Crippen LogP contribution in [-0.4, -0.2) is 19.6 Å². The SMILES string of the molecule is C.NN=Cc1ccccn1.NS(N)(=O)=O. The summed E-state index contributed by atoms with van der Waals surface area (Å²) in [6.45, 7) is 0. The van der Waals surface area contributed by atoms with E-state index in [0.29, 0.717) is 0 Å². The molecule has 0 aliphatic heterocycles. The fraction of sp³-hybridized carbons (Fsp3) is 0.143. The maximum Gasteiger partial charge on any atom is 0.271 e. The fourth-order valence-electron chi connectivity index (χ4n) is 0.529. The van der Waals surface area contributed by atoms with Crippen molar-refractivity contribution in [3.8, 4) is 0 Å². The van der Waals surface area contributed by atoms with Crippen molar-refractivity contribution in [3.05, 3.63) is 30.1 Å². The van der Waals surface area contributed by atoms with Crippen LogP contribution in [0.3, 0.4) is 0 Å². The van der Waals surface area contributed by atoms with E-state index in [0.717, 1.165) is 5.69 Å². The Hall–Kier alpha value is -1.51. The Labute approximate surface area is 89.2 Å². The lowest BCUT2D eigenvalue weighted by molar-refractivity contribution is 0.599. The van der Waals surface area contributed by atoms with Crippen molar-refractivity contribution >= 4 is 16.4 Å². The molecule has 0 atom stereocenters. The third-order valence-corrected chi connectivity index (χ3v) is 0.895. The Morgan fingerprint density at radius 2 is 1.87 bits per heavy atom. The number of hydrogen-bond acceptors (Lipinski definition) is 5. The zero-order chi connectivity index (χ0) is 11.0. The van der Waals surface area contributed by atoms with Gasteiger partial charge in [-0.05, 0) is 12.1 Å². The van der Waals surface area contributed by atoms with Gasteiger partial charge in [0, 0.05) is 6.20 Å². The molecule has 0 radical (unpaired) electrons. The van der Waals surface area contributed by atoms with Gasteiger partial charge in [-0.3, -0.25) is 4.98 Å². The first-order valence-corrected chi connectivity index (χ1v) is 4.99. The summed E-state index contributed by atoms with van der Waals surface area (Å²) in [5.74, 6) is 4.89. The lowest BCUT2D eigenvalue weighted by Gasteiger charge is -1.85. The smallest absolute Gasteiger partial charge is 0.271 e. The molecule has 1 aromatic heterocycles. The van der Waals surface area contributed by atoms with Crippen molar-refractivity contribution in [2.75, 3.05) is 0 Å². The first kappa shape index (κ1) is 15.9. The van der Waals surface area contributed by atoms with Gasteiger partial charge in [0.25, 0.3) is 10.2 Å². The molecular weight excluding hydrogens is 218 g/mol. The molecule has 0 aliphatic rings. The van der Waals surface area contributed by atoms with E-state index in [2.05, 4.69) is 20.4 Å². The third-order valence-electron chi connectivity index (χ3n) is 0.895. The number of rotatable bonds is 1. The van der Waals surface area contributed by atoms with Gasteiger partial charge in [0.15, 0.2) is 0 Å². The van der Waals surface area contributed by atoms with Crippen LogP contribution in [0.1, 0.15) is 13.1 Å². The highest BCUT2D eigenvalue weighted by atomic mass is 32.2. The van der Waals surface area contributed by atoms with Gasteiger partial charge in [0.1, 0.15) is 0 Å². The quantitative estimate of drug-likeness (QED) is 0.330. The Kier molecular flexibility index (Phi) is 8.35. The number of aromatic nitrogens is 1. The molecule has 0 spiro atoms. The predicted octanol–water partition coefficient (Wildman–Crippen LogP) is -0.841. The molecule has 1 aromatic rings. The second-order valence-corrected chi connectivity index (χ2v) is 3.30. The summed E-state index contributed by atoms with van der Waals surface area (Å²) in [7, 11) is -3.67. The third kappa shape index (κ3) is 15.3. The maximum absolute atomic E-state index is 9.19.